The molecule has 0 spiro atoms. The van der Waals surface area contributed by atoms with Crippen LogP contribution in [0.25, 0.3) is 0 Å². The van der Waals surface area contributed by atoms with Crippen molar-refractivity contribution in [1.29, 1.82) is 0 Å². The summed E-state index contributed by atoms with van der Waals surface area (Å²) in [5.41, 5.74) is 8.05. The third kappa shape index (κ3) is 3.01. The SMILES string of the molecule is COC(=O)C(N)Cc1ccc(N2CCCC2)cc1. The highest BCUT2D eigenvalue weighted by Crippen LogP contribution is 2.20. The molecule has 98 valence electrons. The van der Waals surface area contributed by atoms with Crippen LogP contribution in [0.3, 0.4) is 0 Å². The summed E-state index contributed by atoms with van der Waals surface area (Å²) in [6, 6.07) is 7.70. The van der Waals surface area contributed by atoms with Gasteiger partial charge in [0.1, 0.15) is 6.04 Å². The minimum Gasteiger partial charge on any atom is -0.468 e. The third-order valence-corrected chi connectivity index (χ3v) is 3.37. The molecule has 0 saturated carbocycles. The van der Waals surface area contributed by atoms with Crippen molar-refractivity contribution in [3.63, 3.8) is 0 Å². The molecule has 0 amide bonds. The van der Waals surface area contributed by atoms with Gasteiger partial charge in [0.15, 0.2) is 0 Å². The maximum Gasteiger partial charge on any atom is 0.322 e. The maximum atomic E-state index is 11.2. The van der Waals surface area contributed by atoms with Gasteiger partial charge in [-0.1, -0.05) is 12.1 Å². The number of ether oxygens (including phenoxy) is 1. The Balaban J connectivity index is 1.97. The summed E-state index contributed by atoms with van der Waals surface area (Å²) < 4.78 is 4.62. The highest BCUT2D eigenvalue weighted by Gasteiger charge is 2.15. The summed E-state index contributed by atoms with van der Waals surface area (Å²) in [6.07, 6.45) is 3.07. The van der Waals surface area contributed by atoms with Gasteiger partial charge in [-0.25, -0.2) is 0 Å². The van der Waals surface area contributed by atoms with Gasteiger partial charge in [0.05, 0.1) is 7.11 Å². The lowest BCUT2D eigenvalue weighted by Crippen LogP contribution is -2.33. The van der Waals surface area contributed by atoms with Crippen LogP contribution in [-0.2, 0) is 16.0 Å². The van der Waals surface area contributed by atoms with Crippen LogP contribution in [0.4, 0.5) is 5.69 Å². The number of hydrogen-bond acceptors (Lipinski definition) is 4. The minimum atomic E-state index is -0.576. The van der Waals surface area contributed by atoms with E-state index in [0.717, 1.165) is 18.7 Å². The number of benzene rings is 1. The van der Waals surface area contributed by atoms with Crippen molar-refractivity contribution in [3.05, 3.63) is 29.8 Å². The summed E-state index contributed by atoms with van der Waals surface area (Å²) >= 11 is 0. The third-order valence-electron chi connectivity index (χ3n) is 3.37. The summed E-state index contributed by atoms with van der Waals surface area (Å²) in [4.78, 5) is 13.6. The number of anilines is 1. The van der Waals surface area contributed by atoms with Crippen LogP contribution in [0.15, 0.2) is 24.3 Å². The van der Waals surface area contributed by atoms with E-state index in [4.69, 9.17) is 5.73 Å². The molecule has 1 aromatic rings. The Morgan fingerprint density at radius 2 is 1.94 bits per heavy atom. The summed E-state index contributed by atoms with van der Waals surface area (Å²) in [6.45, 7) is 2.28. The van der Waals surface area contributed by atoms with Gasteiger partial charge >= 0.3 is 5.97 Å². The van der Waals surface area contributed by atoms with Crippen molar-refractivity contribution in [3.8, 4) is 0 Å². The van der Waals surface area contributed by atoms with Crippen LogP contribution in [-0.4, -0.2) is 32.2 Å². The lowest BCUT2D eigenvalue weighted by atomic mass is 10.1. The zero-order valence-electron chi connectivity index (χ0n) is 10.8. The van der Waals surface area contributed by atoms with Crippen molar-refractivity contribution < 1.29 is 9.53 Å². The first-order valence-electron chi connectivity index (χ1n) is 6.38. The van der Waals surface area contributed by atoms with Crippen molar-refractivity contribution in [2.24, 2.45) is 5.73 Å². The molecule has 4 nitrogen and oxygen atoms in total. The number of methoxy groups -OCH3 is 1. The first-order valence-corrected chi connectivity index (χ1v) is 6.38. The first kappa shape index (κ1) is 12.9. The molecule has 1 heterocycles. The molecule has 18 heavy (non-hydrogen) atoms. The van der Waals surface area contributed by atoms with E-state index in [-0.39, 0.29) is 5.97 Å². The van der Waals surface area contributed by atoms with Crippen molar-refractivity contribution in [1.82, 2.24) is 0 Å². The van der Waals surface area contributed by atoms with E-state index < -0.39 is 6.04 Å². The van der Waals surface area contributed by atoms with Gasteiger partial charge in [-0.2, -0.15) is 0 Å². The summed E-state index contributed by atoms with van der Waals surface area (Å²) in [7, 11) is 1.36. The topological polar surface area (TPSA) is 55.6 Å². The predicted octanol–water partition coefficient (Wildman–Crippen LogP) is 1.33. The van der Waals surface area contributed by atoms with Crippen LogP contribution >= 0.6 is 0 Å². The molecule has 1 saturated heterocycles. The highest BCUT2D eigenvalue weighted by atomic mass is 16.5. The van der Waals surface area contributed by atoms with E-state index >= 15 is 0 Å². The minimum absolute atomic E-state index is 0.362. The monoisotopic (exact) mass is 248 g/mol. The molecule has 1 aliphatic rings. The van der Waals surface area contributed by atoms with Crippen molar-refractivity contribution >= 4 is 11.7 Å². The molecule has 0 aromatic heterocycles. The summed E-state index contributed by atoms with van der Waals surface area (Å²) in [5.74, 6) is -0.362. The fraction of sp³-hybridized carbons (Fsp3) is 0.500. The van der Waals surface area contributed by atoms with Gasteiger partial charge in [0.2, 0.25) is 0 Å². The smallest absolute Gasteiger partial charge is 0.322 e. The first-order chi connectivity index (χ1) is 8.70. The molecule has 1 fully saturated rings. The van der Waals surface area contributed by atoms with Crippen LogP contribution in [0.1, 0.15) is 18.4 Å². The van der Waals surface area contributed by atoms with E-state index in [1.54, 1.807) is 0 Å². The van der Waals surface area contributed by atoms with Crippen molar-refractivity contribution in [2.45, 2.75) is 25.3 Å². The number of nitrogens with two attached hydrogens (primary N) is 1. The zero-order chi connectivity index (χ0) is 13.0. The van der Waals surface area contributed by atoms with Crippen molar-refractivity contribution in [2.75, 3.05) is 25.1 Å². The molecule has 0 aliphatic carbocycles. The van der Waals surface area contributed by atoms with Crippen LogP contribution in [0.2, 0.25) is 0 Å². The van der Waals surface area contributed by atoms with E-state index in [1.165, 1.54) is 25.6 Å². The molecule has 1 aromatic carbocycles. The van der Waals surface area contributed by atoms with E-state index in [0.29, 0.717) is 6.42 Å². The molecular weight excluding hydrogens is 228 g/mol. The van der Waals surface area contributed by atoms with Gasteiger partial charge in [0, 0.05) is 18.8 Å². The largest absolute Gasteiger partial charge is 0.468 e. The van der Waals surface area contributed by atoms with Gasteiger partial charge in [-0.15, -0.1) is 0 Å². The quantitative estimate of drug-likeness (QED) is 0.817. The maximum absolute atomic E-state index is 11.2. The molecule has 0 bridgehead atoms. The fourth-order valence-corrected chi connectivity index (χ4v) is 2.31. The Hall–Kier alpha value is -1.55. The second kappa shape index (κ2) is 5.87. The van der Waals surface area contributed by atoms with E-state index in [1.807, 2.05) is 12.1 Å². The predicted molar refractivity (Wildman–Crippen MR) is 71.6 cm³/mol. The Kier molecular flexibility index (Phi) is 4.20. The molecule has 0 radical (unpaired) electrons. The zero-order valence-corrected chi connectivity index (χ0v) is 10.8. The van der Waals surface area contributed by atoms with Crippen LogP contribution < -0.4 is 10.6 Å². The average Bonchev–Trinajstić information content (AvgIpc) is 2.92. The molecule has 1 atom stereocenters. The van der Waals surface area contributed by atoms with Gasteiger partial charge in [-0.3, -0.25) is 4.79 Å². The lowest BCUT2D eigenvalue weighted by Gasteiger charge is -2.18. The number of esters is 1. The van der Waals surface area contributed by atoms with Crippen LogP contribution in [0, 0.1) is 0 Å². The standard InChI is InChI=1S/C14H20N2O2/c1-18-14(17)13(15)10-11-4-6-12(7-5-11)16-8-2-3-9-16/h4-7,13H,2-3,8-10,15H2,1H3. The molecule has 2 rings (SSSR count). The second-order valence-corrected chi connectivity index (χ2v) is 4.69. The lowest BCUT2D eigenvalue weighted by molar-refractivity contribution is -0.142. The number of rotatable bonds is 4. The molecule has 1 aliphatic heterocycles. The van der Waals surface area contributed by atoms with Gasteiger partial charge in [0.25, 0.3) is 0 Å². The number of carbonyl (C=O) groups excluding carboxylic acids is 1. The molecular formula is C14H20N2O2. The molecule has 2 N–H and O–H groups in total. The molecule has 4 heteroatoms. The Morgan fingerprint density at radius 1 is 1.33 bits per heavy atom. The normalized spacial score (nSPS) is 16.7. The second-order valence-electron chi connectivity index (χ2n) is 4.69. The van der Waals surface area contributed by atoms with Gasteiger partial charge < -0.3 is 15.4 Å². The Morgan fingerprint density at radius 3 is 2.50 bits per heavy atom. The fourth-order valence-electron chi connectivity index (χ4n) is 2.31. The van der Waals surface area contributed by atoms with E-state index in [9.17, 15) is 4.79 Å². The highest BCUT2D eigenvalue weighted by molar-refractivity contribution is 5.75. The Labute approximate surface area is 108 Å². The van der Waals surface area contributed by atoms with E-state index in [2.05, 4.69) is 21.8 Å². The number of hydrogen-bond donors (Lipinski definition) is 1. The van der Waals surface area contributed by atoms with Crippen LogP contribution in [0.5, 0.6) is 0 Å². The number of nitrogens with zero attached hydrogens (tertiary/aromatic N) is 1. The molecule has 1 unspecified atom stereocenters. The van der Waals surface area contributed by atoms with Gasteiger partial charge in [-0.05, 0) is 37.0 Å². The summed E-state index contributed by atoms with van der Waals surface area (Å²) in [5, 5.41) is 0. The number of carbonyl (C=O) groups is 1. The average molecular weight is 248 g/mol. The Bertz CT molecular complexity index is 397.